The van der Waals surface area contributed by atoms with Gasteiger partial charge in [-0.3, -0.25) is 4.79 Å². The van der Waals surface area contributed by atoms with E-state index in [0.717, 1.165) is 23.6 Å². The number of fused-ring (bicyclic) bond motifs is 1. The van der Waals surface area contributed by atoms with Crippen LogP contribution in [0.2, 0.25) is 0 Å². The maximum absolute atomic E-state index is 13.2. The number of imidazole rings is 1. The Morgan fingerprint density at radius 2 is 2.00 bits per heavy atom. The van der Waals surface area contributed by atoms with Crippen molar-refractivity contribution in [3.05, 3.63) is 42.5 Å². The number of nitrogens with zero attached hydrogens (tertiary/aromatic N) is 6. The molecule has 3 atom stereocenters. The van der Waals surface area contributed by atoms with Crippen LogP contribution in [0.1, 0.15) is 18.0 Å². The molecule has 0 saturated carbocycles. The van der Waals surface area contributed by atoms with E-state index in [1.807, 2.05) is 47.8 Å². The summed E-state index contributed by atoms with van der Waals surface area (Å²) < 4.78 is 7.18. The van der Waals surface area contributed by atoms with Crippen molar-refractivity contribution in [2.75, 3.05) is 45.8 Å². The Kier molecular flexibility index (Phi) is 6.75. The van der Waals surface area contributed by atoms with Gasteiger partial charge in [-0.15, -0.1) is 0 Å². The van der Waals surface area contributed by atoms with Crippen molar-refractivity contribution in [2.45, 2.75) is 24.9 Å². The fraction of sp³-hybridized carbons (Fsp3) is 0.478. The number of anilines is 1. The minimum absolute atomic E-state index is 0.00143. The van der Waals surface area contributed by atoms with Crippen molar-refractivity contribution >= 4 is 22.9 Å². The van der Waals surface area contributed by atoms with E-state index in [-0.39, 0.29) is 24.5 Å². The van der Waals surface area contributed by atoms with Crippen LogP contribution in [0.4, 0.5) is 5.82 Å². The van der Waals surface area contributed by atoms with Gasteiger partial charge >= 0.3 is 0 Å². The van der Waals surface area contributed by atoms with E-state index >= 15 is 0 Å². The molecule has 3 aromatic rings. The highest BCUT2D eigenvalue weighted by Gasteiger charge is 2.33. The molecule has 1 fully saturated rings. The molecule has 33 heavy (non-hydrogen) atoms. The number of hydrogen-bond acceptors (Lipinski definition) is 8. The first-order valence-electron chi connectivity index (χ1n) is 11.0. The molecule has 1 amide bonds. The predicted molar refractivity (Wildman–Crippen MR) is 125 cm³/mol. The summed E-state index contributed by atoms with van der Waals surface area (Å²) in [5, 5.41) is 9.92. The number of methoxy groups -OCH3 is 1. The van der Waals surface area contributed by atoms with Crippen LogP contribution in [0.5, 0.6) is 5.75 Å². The molecule has 3 heterocycles. The van der Waals surface area contributed by atoms with Gasteiger partial charge < -0.3 is 29.9 Å². The van der Waals surface area contributed by atoms with Crippen molar-refractivity contribution in [2.24, 2.45) is 11.7 Å². The zero-order valence-corrected chi connectivity index (χ0v) is 19.3. The number of aromatic nitrogens is 4. The number of aliphatic hydroxyl groups is 1. The van der Waals surface area contributed by atoms with Gasteiger partial charge in [0.1, 0.15) is 12.1 Å². The van der Waals surface area contributed by atoms with Crippen LogP contribution in [0.3, 0.4) is 0 Å². The number of hydrogen-bond donors (Lipinski definition) is 2. The summed E-state index contributed by atoms with van der Waals surface area (Å²) in [6.45, 7) is 0.962. The van der Waals surface area contributed by atoms with E-state index in [1.54, 1.807) is 18.3 Å². The monoisotopic (exact) mass is 453 g/mol. The lowest BCUT2D eigenvalue weighted by Gasteiger charge is -2.38. The first kappa shape index (κ1) is 22.9. The molecule has 0 radical (unpaired) electrons. The highest BCUT2D eigenvalue weighted by Crippen LogP contribution is 2.30. The van der Waals surface area contributed by atoms with Gasteiger partial charge in [0, 0.05) is 39.7 Å². The zero-order valence-electron chi connectivity index (χ0n) is 19.3. The SMILES string of the molecule is COc1ccc(C[C@@H](N)C(=O)N2CC(n3cnc4c(N(C)C)ncnc43)C[C@@H](CO)C2)cc1. The van der Waals surface area contributed by atoms with Crippen molar-refractivity contribution in [3.63, 3.8) is 0 Å². The molecule has 10 nitrogen and oxygen atoms in total. The Balaban J connectivity index is 1.53. The second-order valence-corrected chi connectivity index (χ2v) is 8.76. The molecule has 1 aliphatic rings. The van der Waals surface area contributed by atoms with Crippen molar-refractivity contribution < 1.29 is 14.6 Å². The van der Waals surface area contributed by atoms with E-state index < -0.39 is 6.04 Å². The Hall–Kier alpha value is -3.24. The van der Waals surface area contributed by atoms with E-state index in [9.17, 15) is 9.90 Å². The summed E-state index contributed by atoms with van der Waals surface area (Å²) in [5.74, 6) is 1.33. The smallest absolute Gasteiger partial charge is 0.239 e. The zero-order chi connectivity index (χ0) is 23.5. The Morgan fingerprint density at radius 3 is 2.67 bits per heavy atom. The summed E-state index contributed by atoms with van der Waals surface area (Å²) in [6.07, 6.45) is 4.43. The molecule has 1 saturated heterocycles. The van der Waals surface area contributed by atoms with E-state index in [0.29, 0.717) is 30.7 Å². The van der Waals surface area contributed by atoms with Gasteiger partial charge in [-0.1, -0.05) is 12.1 Å². The third kappa shape index (κ3) is 4.76. The Labute approximate surface area is 193 Å². The lowest BCUT2D eigenvalue weighted by atomic mass is 9.93. The standard InChI is InChI=1S/C23H31N7O3/c1-28(2)21-20-22(26-13-25-21)30(14-27-20)17-8-16(12-31)10-29(11-17)23(32)19(24)9-15-4-6-18(33-3)7-5-15/h4-7,13-14,16-17,19,31H,8-12,24H2,1-3H3/t16-,17?,19-/m1/s1. The summed E-state index contributed by atoms with van der Waals surface area (Å²) in [6, 6.07) is 6.82. The first-order valence-corrected chi connectivity index (χ1v) is 11.0. The van der Waals surface area contributed by atoms with Crippen LogP contribution in [-0.4, -0.2) is 82.4 Å². The van der Waals surface area contributed by atoms with Crippen molar-refractivity contribution in [1.29, 1.82) is 0 Å². The fourth-order valence-corrected chi connectivity index (χ4v) is 4.46. The number of benzene rings is 1. The van der Waals surface area contributed by atoms with Gasteiger partial charge in [-0.25, -0.2) is 15.0 Å². The van der Waals surface area contributed by atoms with Crippen LogP contribution in [0, 0.1) is 5.92 Å². The molecule has 2 aromatic heterocycles. The molecule has 0 aliphatic carbocycles. The number of carbonyl (C=O) groups is 1. The van der Waals surface area contributed by atoms with Gasteiger partial charge in [0.2, 0.25) is 5.91 Å². The van der Waals surface area contributed by atoms with Gasteiger partial charge in [0.15, 0.2) is 17.0 Å². The fourth-order valence-electron chi connectivity index (χ4n) is 4.46. The molecule has 1 unspecified atom stereocenters. The van der Waals surface area contributed by atoms with Gasteiger partial charge in [-0.2, -0.15) is 0 Å². The summed E-state index contributed by atoms with van der Waals surface area (Å²) >= 11 is 0. The largest absolute Gasteiger partial charge is 0.497 e. The molecule has 1 aromatic carbocycles. The van der Waals surface area contributed by atoms with Gasteiger partial charge in [-0.05, 0) is 30.5 Å². The third-order valence-electron chi connectivity index (χ3n) is 6.17. The Bertz CT molecular complexity index is 1100. The molecule has 3 N–H and O–H groups in total. The number of amides is 1. The maximum atomic E-state index is 13.2. The van der Waals surface area contributed by atoms with Crippen molar-refractivity contribution in [3.8, 4) is 5.75 Å². The van der Waals surface area contributed by atoms with E-state index in [2.05, 4.69) is 15.0 Å². The minimum atomic E-state index is -0.668. The molecule has 0 spiro atoms. The topological polar surface area (TPSA) is 123 Å². The number of carbonyl (C=O) groups excluding carboxylic acids is 1. The summed E-state index contributed by atoms with van der Waals surface area (Å²) in [4.78, 5) is 30.2. The lowest BCUT2D eigenvalue weighted by molar-refractivity contribution is -0.135. The van der Waals surface area contributed by atoms with Crippen LogP contribution >= 0.6 is 0 Å². The van der Waals surface area contributed by atoms with Crippen LogP contribution < -0.4 is 15.4 Å². The maximum Gasteiger partial charge on any atom is 0.239 e. The normalized spacial score (nSPS) is 19.5. The van der Waals surface area contributed by atoms with Gasteiger partial charge in [0.05, 0.1) is 25.5 Å². The molecule has 0 bridgehead atoms. The average Bonchev–Trinajstić information content (AvgIpc) is 3.27. The average molecular weight is 454 g/mol. The van der Waals surface area contributed by atoms with Gasteiger partial charge in [0.25, 0.3) is 0 Å². The van der Waals surface area contributed by atoms with Crippen molar-refractivity contribution in [1.82, 2.24) is 24.4 Å². The summed E-state index contributed by atoms with van der Waals surface area (Å²) in [5.41, 5.74) is 8.71. The molecular weight excluding hydrogens is 422 g/mol. The van der Waals surface area contributed by atoms with E-state index in [4.69, 9.17) is 10.5 Å². The van der Waals surface area contributed by atoms with Crippen LogP contribution in [0.25, 0.3) is 11.2 Å². The quantitative estimate of drug-likeness (QED) is 0.540. The minimum Gasteiger partial charge on any atom is -0.497 e. The number of aliphatic hydroxyl groups excluding tert-OH is 1. The number of piperidine rings is 1. The number of ether oxygens (including phenoxy) is 1. The highest BCUT2D eigenvalue weighted by atomic mass is 16.5. The first-order chi connectivity index (χ1) is 15.9. The van der Waals surface area contributed by atoms with Crippen LogP contribution in [0.15, 0.2) is 36.9 Å². The second kappa shape index (κ2) is 9.72. The van der Waals surface area contributed by atoms with Crippen LogP contribution in [-0.2, 0) is 11.2 Å². The predicted octanol–water partition coefficient (Wildman–Crippen LogP) is 0.853. The molecule has 1 aliphatic heterocycles. The number of rotatable bonds is 7. The molecule has 176 valence electrons. The lowest BCUT2D eigenvalue weighted by Crippen LogP contribution is -2.51. The second-order valence-electron chi connectivity index (χ2n) is 8.76. The molecule has 4 rings (SSSR count). The summed E-state index contributed by atoms with van der Waals surface area (Å²) in [7, 11) is 5.44. The van der Waals surface area contributed by atoms with E-state index in [1.165, 1.54) is 6.33 Å². The Morgan fingerprint density at radius 1 is 1.24 bits per heavy atom. The third-order valence-corrected chi connectivity index (χ3v) is 6.17. The highest BCUT2D eigenvalue weighted by molar-refractivity contribution is 5.83. The number of nitrogens with two attached hydrogens (primary N) is 1. The number of likely N-dealkylation sites (tertiary alicyclic amines) is 1. The molecule has 10 heteroatoms. The molecular formula is C23H31N7O3.